The van der Waals surface area contributed by atoms with Crippen molar-refractivity contribution in [3.8, 4) is 5.75 Å². The zero-order valence-corrected chi connectivity index (χ0v) is 15.3. The normalized spacial score (nSPS) is 23.0. The van der Waals surface area contributed by atoms with Gasteiger partial charge in [0.2, 0.25) is 0 Å². The lowest BCUT2D eigenvalue weighted by atomic mass is 9.75. The van der Waals surface area contributed by atoms with Crippen LogP contribution in [-0.4, -0.2) is 20.2 Å². The number of nitrogens with one attached hydrogen (secondary N) is 1. The van der Waals surface area contributed by atoms with E-state index in [0.717, 1.165) is 17.9 Å². The van der Waals surface area contributed by atoms with Crippen molar-refractivity contribution in [2.24, 2.45) is 5.92 Å². The van der Waals surface area contributed by atoms with Crippen LogP contribution in [0.2, 0.25) is 0 Å². The van der Waals surface area contributed by atoms with Gasteiger partial charge in [-0.25, -0.2) is 4.79 Å². The lowest BCUT2D eigenvalue weighted by Gasteiger charge is -2.39. The number of hydrogen-bond donors (Lipinski definition) is 1. The average Bonchev–Trinajstić information content (AvgIpc) is 3.16. The van der Waals surface area contributed by atoms with Gasteiger partial charge in [0.1, 0.15) is 5.75 Å². The minimum atomic E-state index is -0.309. The number of aryl methyl sites for hydroxylation is 1. The molecule has 4 rings (SSSR count). The highest BCUT2D eigenvalue weighted by molar-refractivity contribution is 5.89. The first-order valence-corrected chi connectivity index (χ1v) is 8.93. The summed E-state index contributed by atoms with van der Waals surface area (Å²) in [6.07, 6.45) is 5.64. The van der Waals surface area contributed by atoms with Crippen molar-refractivity contribution in [3.05, 3.63) is 70.8 Å². The number of fused-ring (bicyclic) bond motifs is 3. The molecular weight excluding hydrogens is 326 g/mol. The smallest absolute Gasteiger partial charge is 0.337 e. The molecule has 0 aromatic heterocycles. The lowest BCUT2D eigenvalue weighted by molar-refractivity contribution is 0.0600. The summed E-state index contributed by atoms with van der Waals surface area (Å²) in [5, 5.41) is 3.73. The molecule has 4 nitrogen and oxygen atoms in total. The van der Waals surface area contributed by atoms with E-state index in [-0.39, 0.29) is 12.0 Å². The van der Waals surface area contributed by atoms with E-state index >= 15 is 0 Å². The minimum Gasteiger partial charge on any atom is -0.495 e. The van der Waals surface area contributed by atoms with Gasteiger partial charge in [-0.2, -0.15) is 0 Å². The zero-order valence-electron chi connectivity index (χ0n) is 15.3. The summed E-state index contributed by atoms with van der Waals surface area (Å²) in [6, 6.07) is 12.0. The van der Waals surface area contributed by atoms with Crippen LogP contribution in [0.25, 0.3) is 0 Å². The van der Waals surface area contributed by atoms with Gasteiger partial charge in [-0.05, 0) is 54.2 Å². The largest absolute Gasteiger partial charge is 0.495 e. The van der Waals surface area contributed by atoms with Crippen LogP contribution in [0.3, 0.4) is 0 Å². The SMILES string of the molecule is COC(=O)c1ccc([C@H]2Nc3c(OC)ccc(C)c3[C@@H]3C=CC[C@H]23)cc1. The molecule has 0 amide bonds. The second-order valence-corrected chi connectivity index (χ2v) is 6.96. The lowest BCUT2D eigenvalue weighted by Crippen LogP contribution is -2.30. The van der Waals surface area contributed by atoms with Gasteiger partial charge in [-0.1, -0.05) is 30.4 Å². The Bertz CT molecular complexity index is 870. The second kappa shape index (κ2) is 6.52. The van der Waals surface area contributed by atoms with Gasteiger partial charge < -0.3 is 14.8 Å². The van der Waals surface area contributed by atoms with Crippen LogP contribution >= 0.6 is 0 Å². The Kier molecular flexibility index (Phi) is 4.19. The van der Waals surface area contributed by atoms with E-state index in [2.05, 4.69) is 30.5 Å². The number of ether oxygens (including phenoxy) is 2. The van der Waals surface area contributed by atoms with E-state index in [4.69, 9.17) is 9.47 Å². The molecular formula is C22H23NO3. The third-order valence-electron chi connectivity index (χ3n) is 5.61. The summed E-state index contributed by atoms with van der Waals surface area (Å²) in [6.45, 7) is 2.16. The van der Waals surface area contributed by atoms with Crippen LogP contribution in [0.15, 0.2) is 48.6 Å². The van der Waals surface area contributed by atoms with E-state index in [1.54, 1.807) is 7.11 Å². The van der Waals surface area contributed by atoms with Crippen molar-refractivity contribution in [1.82, 2.24) is 0 Å². The Labute approximate surface area is 153 Å². The molecule has 2 aromatic rings. The van der Waals surface area contributed by atoms with Gasteiger partial charge in [0.05, 0.1) is 31.5 Å². The van der Waals surface area contributed by atoms with Crippen LogP contribution < -0.4 is 10.1 Å². The highest BCUT2D eigenvalue weighted by Crippen LogP contribution is 2.53. The maximum atomic E-state index is 11.7. The van der Waals surface area contributed by atoms with E-state index in [9.17, 15) is 4.79 Å². The molecule has 2 aromatic carbocycles. The Balaban J connectivity index is 1.75. The molecule has 1 heterocycles. The van der Waals surface area contributed by atoms with Crippen molar-refractivity contribution < 1.29 is 14.3 Å². The predicted molar refractivity (Wildman–Crippen MR) is 102 cm³/mol. The van der Waals surface area contributed by atoms with Crippen LogP contribution in [0.5, 0.6) is 5.75 Å². The predicted octanol–water partition coefficient (Wildman–Crippen LogP) is 4.62. The standard InChI is InChI=1S/C22H23NO3/c1-13-7-12-18(25-2)21-19(13)16-5-4-6-17(16)20(23-21)14-8-10-15(11-9-14)22(24)26-3/h4-5,7-12,16-17,20,23H,6H2,1-3H3/t16-,17+,20-/m1/s1. The molecule has 4 heteroatoms. The summed E-state index contributed by atoms with van der Waals surface area (Å²) in [5.41, 5.74) is 5.45. The van der Waals surface area contributed by atoms with E-state index in [0.29, 0.717) is 17.4 Å². The van der Waals surface area contributed by atoms with Crippen molar-refractivity contribution in [2.45, 2.75) is 25.3 Å². The first kappa shape index (κ1) is 16.7. The monoisotopic (exact) mass is 349 g/mol. The molecule has 2 aliphatic rings. The van der Waals surface area contributed by atoms with E-state index in [1.165, 1.54) is 23.8 Å². The summed E-state index contributed by atoms with van der Waals surface area (Å²) in [4.78, 5) is 11.7. The number of hydrogen-bond acceptors (Lipinski definition) is 4. The average molecular weight is 349 g/mol. The first-order valence-electron chi connectivity index (χ1n) is 8.93. The molecule has 0 saturated carbocycles. The van der Waals surface area contributed by atoms with Gasteiger partial charge in [0.25, 0.3) is 0 Å². The molecule has 0 fully saturated rings. The third-order valence-corrected chi connectivity index (χ3v) is 5.61. The Morgan fingerprint density at radius 2 is 1.88 bits per heavy atom. The molecule has 0 radical (unpaired) electrons. The molecule has 1 aliphatic heterocycles. The highest BCUT2D eigenvalue weighted by atomic mass is 16.5. The fourth-order valence-corrected chi connectivity index (χ4v) is 4.32. The van der Waals surface area contributed by atoms with Gasteiger partial charge in [0.15, 0.2) is 0 Å². The van der Waals surface area contributed by atoms with E-state index in [1.807, 2.05) is 30.3 Å². The molecule has 0 spiro atoms. The van der Waals surface area contributed by atoms with Crippen LogP contribution in [-0.2, 0) is 4.74 Å². The summed E-state index contributed by atoms with van der Waals surface area (Å²) in [7, 11) is 3.11. The fraction of sp³-hybridized carbons (Fsp3) is 0.318. The molecule has 0 bridgehead atoms. The summed E-state index contributed by atoms with van der Waals surface area (Å²) in [5.74, 6) is 1.40. The Morgan fingerprint density at radius 1 is 1.12 bits per heavy atom. The first-order chi connectivity index (χ1) is 12.6. The van der Waals surface area contributed by atoms with Gasteiger partial charge in [-0.3, -0.25) is 0 Å². The minimum absolute atomic E-state index is 0.171. The number of esters is 1. The van der Waals surface area contributed by atoms with Gasteiger partial charge >= 0.3 is 5.97 Å². The zero-order chi connectivity index (χ0) is 18.3. The number of allylic oxidation sites excluding steroid dienone is 2. The molecule has 1 aliphatic carbocycles. The third kappa shape index (κ3) is 2.57. The van der Waals surface area contributed by atoms with Crippen LogP contribution in [0.1, 0.15) is 45.4 Å². The molecule has 134 valence electrons. The number of carbonyl (C=O) groups excluding carboxylic acids is 1. The number of rotatable bonds is 3. The number of benzene rings is 2. The van der Waals surface area contributed by atoms with Crippen molar-refractivity contribution in [1.29, 1.82) is 0 Å². The molecule has 0 unspecified atom stereocenters. The number of anilines is 1. The number of carbonyl (C=O) groups is 1. The molecule has 0 saturated heterocycles. The molecule has 26 heavy (non-hydrogen) atoms. The van der Waals surface area contributed by atoms with Crippen molar-refractivity contribution >= 4 is 11.7 Å². The van der Waals surface area contributed by atoms with Crippen molar-refractivity contribution in [2.75, 3.05) is 19.5 Å². The topological polar surface area (TPSA) is 47.6 Å². The number of methoxy groups -OCH3 is 2. The van der Waals surface area contributed by atoms with Crippen LogP contribution in [0, 0.1) is 12.8 Å². The van der Waals surface area contributed by atoms with E-state index < -0.39 is 0 Å². The Hall–Kier alpha value is -2.75. The van der Waals surface area contributed by atoms with Crippen molar-refractivity contribution in [3.63, 3.8) is 0 Å². The quantitative estimate of drug-likeness (QED) is 0.649. The highest BCUT2D eigenvalue weighted by Gasteiger charge is 2.39. The van der Waals surface area contributed by atoms with Gasteiger partial charge in [-0.15, -0.1) is 0 Å². The van der Waals surface area contributed by atoms with Crippen LogP contribution in [0.4, 0.5) is 5.69 Å². The molecule has 1 N–H and O–H groups in total. The summed E-state index contributed by atoms with van der Waals surface area (Å²) < 4.78 is 10.4. The van der Waals surface area contributed by atoms with Gasteiger partial charge in [0, 0.05) is 5.92 Å². The summed E-state index contributed by atoms with van der Waals surface area (Å²) >= 11 is 0. The molecule has 3 atom stereocenters. The Morgan fingerprint density at radius 3 is 2.58 bits per heavy atom. The second-order valence-electron chi connectivity index (χ2n) is 6.96. The maximum absolute atomic E-state index is 11.7. The fourth-order valence-electron chi connectivity index (χ4n) is 4.32. The maximum Gasteiger partial charge on any atom is 0.337 e.